The van der Waals surface area contributed by atoms with E-state index in [0.717, 1.165) is 11.8 Å². The van der Waals surface area contributed by atoms with Gasteiger partial charge in [-0.2, -0.15) is 0 Å². The topological polar surface area (TPSA) is 0 Å². The van der Waals surface area contributed by atoms with E-state index in [1.807, 2.05) is 0 Å². The monoisotopic (exact) mass is 238 g/mol. The van der Waals surface area contributed by atoms with Crippen molar-refractivity contribution in [1.82, 2.24) is 0 Å². The van der Waals surface area contributed by atoms with Gasteiger partial charge in [-0.25, -0.2) is 0 Å². The van der Waals surface area contributed by atoms with Gasteiger partial charge in [0.05, 0.1) is 0 Å². The molecule has 102 valence electrons. The molecule has 2 atom stereocenters. The van der Waals surface area contributed by atoms with Crippen LogP contribution in [0.15, 0.2) is 0 Å². The highest BCUT2D eigenvalue weighted by atomic mass is 14.3. The van der Waals surface area contributed by atoms with Gasteiger partial charge >= 0.3 is 0 Å². The van der Waals surface area contributed by atoms with E-state index in [1.54, 1.807) is 0 Å². The first-order chi connectivity index (χ1) is 8.34. The molecule has 0 unspecified atom stereocenters. The van der Waals surface area contributed by atoms with Crippen LogP contribution in [0.25, 0.3) is 0 Å². The van der Waals surface area contributed by atoms with Crippen molar-refractivity contribution < 1.29 is 0 Å². The summed E-state index contributed by atoms with van der Waals surface area (Å²) in [5.74, 6) is 2.11. The molecular weight excluding hydrogens is 204 g/mol. The molecule has 0 nitrogen and oxygen atoms in total. The molecular formula is C17H34. The van der Waals surface area contributed by atoms with E-state index >= 15 is 0 Å². The predicted octanol–water partition coefficient (Wildman–Crippen LogP) is 6.34. The zero-order valence-electron chi connectivity index (χ0n) is 12.3. The van der Waals surface area contributed by atoms with Gasteiger partial charge in [-0.15, -0.1) is 0 Å². The Morgan fingerprint density at radius 3 is 1.88 bits per heavy atom. The van der Waals surface area contributed by atoms with Crippen LogP contribution in [0.1, 0.15) is 97.3 Å². The molecule has 0 bridgehead atoms. The smallest absolute Gasteiger partial charge is 0.0388 e. The van der Waals surface area contributed by atoms with Crippen molar-refractivity contribution in [3.8, 4) is 0 Å². The molecule has 1 fully saturated rings. The number of hydrogen-bond acceptors (Lipinski definition) is 0. The Labute approximate surface area is 110 Å². The van der Waals surface area contributed by atoms with Crippen molar-refractivity contribution in [2.75, 3.05) is 0 Å². The Kier molecular flexibility index (Phi) is 8.83. The van der Waals surface area contributed by atoms with E-state index in [2.05, 4.69) is 13.8 Å². The maximum atomic E-state index is 2.46. The maximum Gasteiger partial charge on any atom is -0.0388 e. The first-order valence-corrected chi connectivity index (χ1v) is 8.34. The van der Waals surface area contributed by atoms with Gasteiger partial charge in [0.2, 0.25) is 0 Å². The van der Waals surface area contributed by atoms with Crippen LogP contribution in [-0.2, 0) is 0 Å². The average molecular weight is 238 g/mol. The third-order valence-corrected chi connectivity index (χ3v) is 4.72. The summed E-state index contributed by atoms with van der Waals surface area (Å²) in [5, 5.41) is 0. The minimum Gasteiger partial charge on any atom is -0.0654 e. The van der Waals surface area contributed by atoms with Crippen LogP contribution in [0.2, 0.25) is 0 Å². The SMILES string of the molecule is CCCCCCCCCCC[C@@H]1CCC[C@H]1C. The molecule has 0 heteroatoms. The van der Waals surface area contributed by atoms with E-state index < -0.39 is 0 Å². The molecule has 1 aliphatic rings. The normalized spacial score (nSPS) is 24.4. The lowest BCUT2D eigenvalue weighted by molar-refractivity contribution is 0.373. The summed E-state index contributed by atoms with van der Waals surface area (Å²) in [6, 6.07) is 0. The summed E-state index contributed by atoms with van der Waals surface area (Å²) in [7, 11) is 0. The van der Waals surface area contributed by atoms with E-state index in [-0.39, 0.29) is 0 Å². The Morgan fingerprint density at radius 2 is 1.35 bits per heavy atom. The Hall–Kier alpha value is 0. The second kappa shape index (κ2) is 9.97. The highest BCUT2D eigenvalue weighted by molar-refractivity contribution is 4.73. The van der Waals surface area contributed by atoms with Gasteiger partial charge in [-0.3, -0.25) is 0 Å². The van der Waals surface area contributed by atoms with E-state index in [9.17, 15) is 0 Å². The minimum absolute atomic E-state index is 1.03. The van der Waals surface area contributed by atoms with Crippen molar-refractivity contribution in [3.05, 3.63) is 0 Å². The van der Waals surface area contributed by atoms with Crippen LogP contribution in [-0.4, -0.2) is 0 Å². The van der Waals surface area contributed by atoms with Crippen molar-refractivity contribution in [1.29, 1.82) is 0 Å². The van der Waals surface area contributed by atoms with Crippen LogP contribution in [0.5, 0.6) is 0 Å². The fourth-order valence-corrected chi connectivity index (χ4v) is 3.37. The predicted molar refractivity (Wildman–Crippen MR) is 78.3 cm³/mol. The molecule has 0 saturated heterocycles. The van der Waals surface area contributed by atoms with Crippen LogP contribution >= 0.6 is 0 Å². The average Bonchev–Trinajstić information content (AvgIpc) is 2.73. The van der Waals surface area contributed by atoms with Gasteiger partial charge in [0.1, 0.15) is 0 Å². The molecule has 0 N–H and O–H groups in total. The zero-order chi connectivity index (χ0) is 12.3. The third-order valence-electron chi connectivity index (χ3n) is 4.72. The lowest BCUT2D eigenvalue weighted by Gasteiger charge is -2.14. The molecule has 0 aromatic rings. The Balaban J connectivity index is 1.78. The zero-order valence-corrected chi connectivity index (χ0v) is 12.3. The van der Waals surface area contributed by atoms with Gasteiger partial charge in [-0.1, -0.05) is 97.3 Å². The summed E-state index contributed by atoms with van der Waals surface area (Å²) in [6.07, 6.45) is 19.3. The van der Waals surface area contributed by atoms with Gasteiger partial charge in [0.15, 0.2) is 0 Å². The molecule has 0 amide bonds. The summed E-state index contributed by atoms with van der Waals surface area (Å²) < 4.78 is 0. The second-order valence-corrected chi connectivity index (χ2v) is 6.29. The first-order valence-electron chi connectivity index (χ1n) is 8.34. The lowest BCUT2D eigenvalue weighted by Crippen LogP contribution is -2.03. The molecule has 0 aromatic carbocycles. The molecule has 17 heavy (non-hydrogen) atoms. The summed E-state index contributed by atoms with van der Waals surface area (Å²) in [4.78, 5) is 0. The fourth-order valence-electron chi connectivity index (χ4n) is 3.37. The molecule has 0 heterocycles. The summed E-state index contributed by atoms with van der Waals surface area (Å²) in [6.45, 7) is 4.76. The molecule has 0 spiro atoms. The maximum absolute atomic E-state index is 2.46. The fraction of sp³-hybridized carbons (Fsp3) is 1.00. The lowest BCUT2D eigenvalue weighted by atomic mass is 9.92. The van der Waals surface area contributed by atoms with E-state index in [0.29, 0.717) is 0 Å². The van der Waals surface area contributed by atoms with Crippen LogP contribution < -0.4 is 0 Å². The second-order valence-electron chi connectivity index (χ2n) is 6.29. The summed E-state index contributed by atoms with van der Waals surface area (Å²) >= 11 is 0. The van der Waals surface area contributed by atoms with E-state index in [1.165, 1.54) is 83.5 Å². The van der Waals surface area contributed by atoms with Crippen LogP contribution in [0.3, 0.4) is 0 Å². The first kappa shape index (κ1) is 15.1. The van der Waals surface area contributed by atoms with Crippen LogP contribution in [0, 0.1) is 11.8 Å². The largest absolute Gasteiger partial charge is 0.0654 e. The van der Waals surface area contributed by atoms with Gasteiger partial charge in [-0.05, 0) is 11.8 Å². The van der Waals surface area contributed by atoms with E-state index in [4.69, 9.17) is 0 Å². The molecule has 0 radical (unpaired) electrons. The number of rotatable bonds is 10. The highest BCUT2D eigenvalue weighted by Gasteiger charge is 2.22. The Morgan fingerprint density at radius 1 is 0.765 bits per heavy atom. The molecule has 0 aliphatic heterocycles. The number of hydrogen-bond donors (Lipinski definition) is 0. The minimum atomic E-state index is 1.03. The van der Waals surface area contributed by atoms with Crippen molar-refractivity contribution >= 4 is 0 Å². The van der Waals surface area contributed by atoms with Crippen molar-refractivity contribution in [2.24, 2.45) is 11.8 Å². The van der Waals surface area contributed by atoms with Gasteiger partial charge in [0.25, 0.3) is 0 Å². The standard InChI is InChI=1S/C17H34/c1-3-4-5-6-7-8-9-10-11-14-17-15-12-13-16(17)2/h16-17H,3-15H2,1-2H3/t16-,17-/m1/s1. The Bertz CT molecular complexity index is 161. The number of unbranched alkanes of at least 4 members (excludes halogenated alkanes) is 8. The van der Waals surface area contributed by atoms with Gasteiger partial charge < -0.3 is 0 Å². The van der Waals surface area contributed by atoms with Gasteiger partial charge in [0, 0.05) is 0 Å². The third kappa shape index (κ3) is 7.11. The van der Waals surface area contributed by atoms with Crippen molar-refractivity contribution in [2.45, 2.75) is 97.3 Å². The molecule has 1 saturated carbocycles. The molecule has 1 rings (SSSR count). The molecule has 0 aromatic heterocycles. The van der Waals surface area contributed by atoms with Crippen molar-refractivity contribution in [3.63, 3.8) is 0 Å². The molecule has 1 aliphatic carbocycles. The van der Waals surface area contributed by atoms with Crippen LogP contribution in [0.4, 0.5) is 0 Å². The quantitative estimate of drug-likeness (QED) is 0.389. The summed E-state index contributed by atoms with van der Waals surface area (Å²) in [5.41, 5.74) is 0. The highest BCUT2D eigenvalue weighted by Crippen LogP contribution is 2.34.